The van der Waals surface area contributed by atoms with Crippen LogP contribution in [0.4, 0.5) is 11.6 Å². The van der Waals surface area contributed by atoms with E-state index < -0.39 is 21.3 Å². The van der Waals surface area contributed by atoms with Crippen molar-refractivity contribution in [2.75, 3.05) is 10.0 Å². The molecule has 30 heavy (non-hydrogen) atoms. The van der Waals surface area contributed by atoms with E-state index in [1.54, 1.807) is 13.0 Å². The molecule has 0 saturated carbocycles. The van der Waals surface area contributed by atoms with Gasteiger partial charge < -0.3 is 9.88 Å². The molecule has 0 spiro atoms. The molecule has 0 atom stereocenters. The van der Waals surface area contributed by atoms with Crippen LogP contribution >= 0.6 is 0 Å². The van der Waals surface area contributed by atoms with Gasteiger partial charge in [-0.3, -0.25) is 14.6 Å². The fraction of sp³-hybridized carbons (Fsp3) is 0.167. The minimum atomic E-state index is -3.88. The van der Waals surface area contributed by atoms with Crippen molar-refractivity contribution < 1.29 is 13.2 Å². The number of hydrogen-bond donors (Lipinski definition) is 3. The monoisotopic (exact) mass is 430 g/mol. The second-order valence-electron chi connectivity index (χ2n) is 6.25. The topological polar surface area (TPSA) is 156 Å². The lowest BCUT2D eigenvalue weighted by Crippen LogP contribution is -2.29. The average Bonchev–Trinajstić information content (AvgIpc) is 2.67. The summed E-state index contributed by atoms with van der Waals surface area (Å²) in [6, 6.07) is 8.38. The van der Waals surface area contributed by atoms with E-state index in [-0.39, 0.29) is 29.7 Å². The number of sulfonamides is 1. The Morgan fingerprint density at radius 2 is 1.87 bits per heavy atom. The number of rotatable bonds is 7. The maximum Gasteiger partial charge on any atom is 0.328 e. The number of H-pyrrole nitrogens is 1. The van der Waals surface area contributed by atoms with Gasteiger partial charge in [-0.15, -0.1) is 0 Å². The maximum atomic E-state index is 12.4. The number of amides is 1. The predicted octanol–water partition coefficient (Wildman–Crippen LogP) is 0.465. The van der Waals surface area contributed by atoms with E-state index in [1.807, 2.05) is 0 Å². The van der Waals surface area contributed by atoms with Gasteiger partial charge in [-0.05, 0) is 37.3 Å². The third-order valence-corrected chi connectivity index (χ3v) is 5.29. The number of nitrogens with one attached hydrogen (secondary N) is 3. The van der Waals surface area contributed by atoms with Crippen molar-refractivity contribution >= 4 is 27.6 Å². The van der Waals surface area contributed by atoms with Crippen molar-refractivity contribution in [3.63, 3.8) is 0 Å². The number of carbonyl (C=O) groups excluding carboxylic acids is 1. The van der Waals surface area contributed by atoms with E-state index in [1.165, 1.54) is 47.3 Å². The lowest BCUT2D eigenvalue weighted by molar-refractivity contribution is -0.116. The summed E-state index contributed by atoms with van der Waals surface area (Å²) in [7, 11) is -3.88. The summed E-state index contributed by atoms with van der Waals surface area (Å²) in [6.07, 6.45) is 2.73. The molecule has 0 unspecified atom stereocenters. The van der Waals surface area contributed by atoms with Gasteiger partial charge in [0.15, 0.2) is 0 Å². The Hall–Kier alpha value is -3.80. The van der Waals surface area contributed by atoms with Crippen LogP contribution in [0.2, 0.25) is 0 Å². The summed E-state index contributed by atoms with van der Waals surface area (Å²) in [5, 5.41) is 2.61. The largest absolute Gasteiger partial charge is 0.328 e. The van der Waals surface area contributed by atoms with Gasteiger partial charge in [0.2, 0.25) is 11.9 Å². The zero-order valence-electron chi connectivity index (χ0n) is 15.8. The number of nitrogens with zero attached hydrogens (tertiary/aromatic N) is 3. The van der Waals surface area contributed by atoms with Gasteiger partial charge in [-0.25, -0.2) is 27.9 Å². The summed E-state index contributed by atoms with van der Waals surface area (Å²) in [6.45, 7) is 1.79. The highest BCUT2D eigenvalue weighted by Crippen LogP contribution is 2.16. The molecule has 3 rings (SSSR count). The van der Waals surface area contributed by atoms with Gasteiger partial charge in [0.05, 0.1) is 4.90 Å². The molecule has 11 nitrogen and oxygen atoms in total. The van der Waals surface area contributed by atoms with Crippen LogP contribution in [0.15, 0.2) is 63.3 Å². The van der Waals surface area contributed by atoms with Crippen LogP contribution in [0, 0.1) is 6.92 Å². The number of benzene rings is 1. The van der Waals surface area contributed by atoms with Crippen LogP contribution in [0.1, 0.15) is 12.1 Å². The Labute approximate surface area is 170 Å². The molecule has 0 aliphatic rings. The van der Waals surface area contributed by atoms with E-state index >= 15 is 0 Å². The smallest absolute Gasteiger partial charge is 0.326 e. The lowest BCUT2D eigenvalue weighted by Gasteiger charge is -2.09. The maximum absolute atomic E-state index is 12.4. The van der Waals surface area contributed by atoms with Crippen LogP contribution in [-0.2, 0) is 21.4 Å². The van der Waals surface area contributed by atoms with Crippen molar-refractivity contribution in [3.8, 4) is 0 Å². The first-order valence-corrected chi connectivity index (χ1v) is 10.2. The fourth-order valence-corrected chi connectivity index (χ4v) is 3.41. The van der Waals surface area contributed by atoms with Crippen molar-refractivity contribution in [3.05, 3.63) is 75.3 Å². The summed E-state index contributed by atoms with van der Waals surface area (Å²) in [5.41, 5.74) is -0.112. The number of carbonyl (C=O) groups is 1. The van der Waals surface area contributed by atoms with Crippen molar-refractivity contribution in [1.29, 1.82) is 0 Å². The molecule has 12 heteroatoms. The van der Waals surface area contributed by atoms with Gasteiger partial charge in [-0.1, -0.05) is 0 Å². The minimum absolute atomic E-state index is 0.0156. The molecule has 0 bridgehead atoms. The van der Waals surface area contributed by atoms with E-state index in [4.69, 9.17) is 0 Å². The first-order chi connectivity index (χ1) is 14.2. The molecule has 0 aliphatic carbocycles. The highest BCUT2D eigenvalue weighted by molar-refractivity contribution is 7.92. The van der Waals surface area contributed by atoms with Crippen molar-refractivity contribution in [2.24, 2.45) is 0 Å². The molecule has 3 aromatic rings. The molecule has 1 amide bonds. The molecule has 3 N–H and O–H groups in total. The van der Waals surface area contributed by atoms with Crippen molar-refractivity contribution in [2.45, 2.75) is 24.8 Å². The van der Waals surface area contributed by atoms with E-state index in [0.29, 0.717) is 11.4 Å². The van der Waals surface area contributed by atoms with Crippen molar-refractivity contribution in [1.82, 2.24) is 19.5 Å². The van der Waals surface area contributed by atoms with Crippen LogP contribution in [0.3, 0.4) is 0 Å². The Bertz CT molecular complexity index is 1280. The molecule has 1 aromatic carbocycles. The Balaban J connectivity index is 1.61. The van der Waals surface area contributed by atoms with Crippen LogP contribution < -0.4 is 21.3 Å². The van der Waals surface area contributed by atoms with Gasteiger partial charge in [0.25, 0.3) is 15.6 Å². The summed E-state index contributed by atoms with van der Waals surface area (Å²) in [5.74, 6) is -0.417. The minimum Gasteiger partial charge on any atom is -0.326 e. The quantitative estimate of drug-likeness (QED) is 0.492. The zero-order chi connectivity index (χ0) is 21.7. The molecule has 0 saturated heterocycles. The van der Waals surface area contributed by atoms with E-state index in [0.717, 1.165) is 0 Å². The number of aromatic amines is 1. The SMILES string of the molecule is Cc1ccnc(NS(=O)(=O)c2ccc(NC(=O)CCn3ccc(=O)[nH]c3=O)cc2)n1. The number of aromatic nitrogens is 4. The highest BCUT2D eigenvalue weighted by atomic mass is 32.2. The summed E-state index contributed by atoms with van der Waals surface area (Å²) in [4.78, 5) is 44.6. The third-order valence-electron chi connectivity index (χ3n) is 3.95. The number of anilines is 2. The lowest BCUT2D eigenvalue weighted by atomic mass is 10.3. The molecule has 2 heterocycles. The predicted molar refractivity (Wildman–Crippen MR) is 109 cm³/mol. The number of aryl methyl sites for hydroxylation is 2. The van der Waals surface area contributed by atoms with Gasteiger partial charge in [0.1, 0.15) is 0 Å². The second-order valence-corrected chi connectivity index (χ2v) is 7.94. The standard InChI is InChI=1S/C18H18N6O5S/c1-12-6-9-19-17(20-12)23-30(28,29)14-4-2-13(3-5-14)21-15(25)7-10-24-11-8-16(26)22-18(24)27/h2-6,8-9,11H,7,10H2,1H3,(H,21,25)(H,19,20,23)(H,22,26,27). The molecule has 156 valence electrons. The average molecular weight is 430 g/mol. The van der Waals surface area contributed by atoms with Gasteiger partial charge >= 0.3 is 5.69 Å². The molecule has 0 fully saturated rings. The van der Waals surface area contributed by atoms with Crippen LogP contribution in [0.5, 0.6) is 0 Å². The Morgan fingerprint density at radius 3 is 2.53 bits per heavy atom. The summed E-state index contributed by atoms with van der Waals surface area (Å²) < 4.78 is 28.3. The van der Waals surface area contributed by atoms with Crippen LogP contribution in [-0.4, -0.2) is 33.8 Å². The van der Waals surface area contributed by atoms with E-state index in [2.05, 4.69) is 25.0 Å². The molecule has 2 aromatic heterocycles. The van der Waals surface area contributed by atoms with Gasteiger partial charge in [-0.2, -0.15) is 0 Å². The number of hydrogen-bond acceptors (Lipinski definition) is 7. The van der Waals surface area contributed by atoms with Crippen LogP contribution in [0.25, 0.3) is 0 Å². The normalized spacial score (nSPS) is 11.1. The molecule has 0 radical (unpaired) electrons. The second kappa shape index (κ2) is 8.69. The third kappa shape index (κ3) is 5.38. The zero-order valence-corrected chi connectivity index (χ0v) is 16.6. The fourth-order valence-electron chi connectivity index (χ4n) is 2.46. The molecule has 0 aliphatic heterocycles. The first kappa shape index (κ1) is 20.9. The molecular weight excluding hydrogens is 412 g/mol. The Morgan fingerprint density at radius 1 is 1.13 bits per heavy atom. The van der Waals surface area contributed by atoms with Gasteiger partial charge in [0, 0.05) is 42.8 Å². The highest BCUT2D eigenvalue weighted by Gasteiger charge is 2.16. The van der Waals surface area contributed by atoms with E-state index in [9.17, 15) is 22.8 Å². The summed E-state index contributed by atoms with van der Waals surface area (Å²) >= 11 is 0. The first-order valence-electron chi connectivity index (χ1n) is 8.75. The molecular formula is C18H18N6O5S. The Kier molecular flexibility index (Phi) is 6.06.